The molecule has 0 aliphatic carbocycles. The summed E-state index contributed by atoms with van der Waals surface area (Å²) < 4.78 is 10.6. The van der Waals surface area contributed by atoms with E-state index in [0.717, 1.165) is 10.8 Å². The first-order valence-corrected chi connectivity index (χ1v) is 7.74. The van der Waals surface area contributed by atoms with E-state index in [1.54, 1.807) is 12.1 Å². The molecular formula is C20H14O4. The van der Waals surface area contributed by atoms with E-state index in [1.165, 1.54) is 0 Å². The van der Waals surface area contributed by atoms with Gasteiger partial charge in [0.2, 0.25) is 0 Å². The maximum atomic E-state index is 12.1. The predicted molar refractivity (Wildman–Crippen MR) is 92.4 cm³/mol. The number of hydrogen-bond acceptors (Lipinski definition) is 4. The Hall–Kier alpha value is -3.14. The Kier molecular flexibility index (Phi) is 3.50. The second kappa shape index (κ2) is 5.81. The molecule has 0 spiro atoms. The van der Waals surface area contributed by atoms with Gasteiger partial charge < -0.3 is 8.83 Å². The van der Waals surface area contributed by atoms with Crippen LogP contribution in [0.2, 0.25) is 0 Å². The van der Waals surface area contributed by atoms with Crippen LogP contribution in [-0.2, 0) is 12.8 Å². The number of rotatable bonds is 3. The first-order valence-electron chi connectivity index (χ1n) is 7.74. The van der Waals surface area contributed by atoms with Gasteiger partial charge in [-0.2, -0.15) is 0 Å². The molecule has 0 fully saturated rings. The molecule has 4 heteroatoms. The molecule has 4 nitrogen and oxygen atoms in total. The summed E-state index contributed by atoms with van der Waals surface area (Å²) >= 11 is 0. The van der Waals surface area contributed by atoms with Gasteiger partial charge in [0.05, 0.1) is 0 Å². The fourth-order valence-corrected chi connectivity index (χ4v) is 2.83. The highest BCUT2D eigenvalue weighted by atomic mass is 16.4. The third-order valence-electron chi connectivity index (χ3n) is 4.09. The van der Waals surface area contributed by atoms with Crippen LogP contribution < -0.4 is 11.3 Å². The minimum absolute atomic E-state index is 0.362. The van der Waals surface area contributed by atoms with Crippen molar-refractivity contribution in [3.8, 4) is 0 Å². The summed E-state index contributed by atoms with van der Waals surface area (Å²) in [4.78, 5) is 24.2. The van der Waals surface area contributed by atoms with Crippen molar-refractivity contribution in [3.63, 3.8) is 0 Å². The third kappa shape index (κ3) is 2.63. The monoisotopic (exact) mass is 318 g/mol. The molecular weight excluding hydrogens is 304 g/mol. The van der Waals surface area contributed by atoms with Crippen LogP contribution in [-0.4, -0.2) is 0 Å². The van der Waals surface area contributed by atoms with Crippen molar-refractivity contribution < 1.29 is 8.83 Å². The Balaban J connectivity index is 1.68. The number of para-hydroxylation sites is 2. The molecule has 118 valence electrons. The van der Waals surface area contributed by atoms with E-state index >= 15 is 0 Å². The molecule has 24 heavy (non-hydrogen) atoms. The number of aryl methyl sites for hydroxylation is 2. The molecule has 2 aromatic heterocycles. The van der Waals surface area contributed by atoms with Crippen LogP contribution >= 0.6 is 0 Å². The average molecular weight is 318 g/mol. The van der Waals surface area contributed by atoms with Crippen LogP contribution in [0, 0.1) is 0 Å². The van der Waals surface area contributed by atoms with Gasteiger partial charge in [0, 0.05) is 21.9 Å². The molecule has 2 heterocycles. The van der Waals surface area contributed by atoms with E-state index in [4.69, 9.17) is 8.83 Å². The van der Waals surface area contributed by atoms with Gasteiger partial charge in [-0.1, -0.05) is 36.4 Å². The quantitative estimate of drug-likeness (QED) is 0.541. The standard InChI is InChI=1S/C20H14O4/c21-19-15(11-13-5-1-3-7-17(13)23-19)9-10-16-12-14-6-2-4-8-18(14)24-20(16)22/h1-8,11-12H,9-10H2. The van der Waals surface area contributed by atoms with Crippen molar-refractivity contribution in [3.05, 3.63) is 92.6 Å². The fraction of sp³-hybridized carbons (Fsp3) is 0.100. The van der Waals surface area contributed by atoms with Gasteiger partial charge >= 0.3 is 11.3 Å². The van der Waals surface area contributed by atoms with Crippen molar-refractivity contribution in [2.45, 2.75) is 12.8 Å². The summed E-state index contributed by atoms with van der Waals surface area (Å²) in [6.07, 6.45) is 0.854. The molecule has 0 atom stereocenters. The Morgan fingerprint density at radius 3 is 1.50 bits per heavy atom. The van der Waals surface area contributed by atoms with Crippen LogP contribution in [0.1, 0.15) is 11.1 Å². The number of benzene rings is 2. The van der Waals surface area contributed by atoms with Crippen molar-refractivity contribution in [2.75, 3.05) is 0 Å². The molecule has 0 bridgehead atoms. The van der Waals surface area contributed by atoms with Crippen molar-refractivity contribution in [2.24, 2.45) is 0 Å². The van der Waals surface area contributed by atoms with Crippen molar-refractivity contribution >= 4 is 21.9 Å². The van der Waals surface area contributed by atoms with Gasteiger partial charge in [-0.05, 0) is 37.1 Å². The molecule has 4 aromatic rings. The van der Waals surface area contributed by atoms with E-state index < -0.39 is 0 Å². The lowest BCUT2D eigenvalue weighted by Gasteiger charge is -2.03. The van der Waals surface area contributed by atoms with Crippen molar-refractivity contribution in [1.82, 2.24) is 0 Å². The average Bonchev–Trinajstić information content (AvgIpc) is 2.60. The van der Waals surface area contributed by atoms with Gasteiger partial charge in [0.15, 0.2) is 0 Å². The van der Waals surface area contributed by atoms with Gasteiger partial charge in [-0.15, -0.1) is 0 Å². The lowest BCUT2D eigenvalue weighted by Crippen LogP contribution is -2.12. The normalized spacial score (nSPS) is 11.2. The van der Waals surface area contributed by atoms with Crippen LogP contribution in [0.3, 0.4) is 0 Å². The topological polar surface area (TPSA) is 60.4 Å². The summed E-state index contributed by atoms with van der Waals surface area (Å²) in [6.45, 7) is 0. The molecule has 0 amide bonds. The zero-order chi connectivity index (χ0) is 16.5. The molecule has 0 radical (unpaired) electrons. The summed E-state index contributed by atoms with van der Waals surface area (Å²) in [5.74, 6) is 0. The highest BCUT2D eigenvalue weighted by Crippen LogP contribution is 2.16. The van der Waals surface area contributed by atoms with Gasteiger partial charge in [0.1, 0.15) is 11.2 Å². The zero-order valence-electron chi connectivity index (χ0n) is 12.8. The number of hydrogen-bond donors (Lipinski definition) is 0. The molecule has 0 saturated carbocycles. The highest BCUT2D eigenvalue weighted by molar-refractivity contribution is 5.77. The molecule has 4 rings (SSSR count). The molecule has 0 aliphatic rings. The SMILES string of the molecule is O=c1oc2ccccc2cc1CCc1cc2ccccc2oc1=O. The molecule has 0 saturated heterocycles. The van der Waals surface area contributed by atoms with Crippen LogP contribution in [0.4, 0.5) is 0 Å². The van der Waals surface area contributed by atoms with E-state index in [9.17, 15) is 9.59 Å². The summed E-state index contributed by atoms with van der Waals surface area (Å²) in [6, 6.07) is 18.4. The lowest BCUT2D eigenvalue weighted by atomic mass is 10.0. The maximum Gasteiger partial charge on any atom is 0.339 e. The fourth-order valence-electron chi connectivity index (χ4n) is 2.83. The lowest BCUT2D eigenvalue weighted by molar-refractivity contribution is 0.541. The Morgan fingerprint density at radius 1 is 0.625 bits per heavy atom. The minimum Gasteiger partial charge on any atom is -0.423 e. The Bertz CT molecular complexity index is 1060. The van der Waals surface area contributed by atoms with E-state index in [0.29, 0.717) is 35.1 Å². The van der Waals surface area contributed by atoms with Gasteiger partial charge in [0.25, 0.3) is 0 Å². The summed E-state index contributed by atoms with van der Waals surface area (Å²) in [5.41, 5.74) is 1.52. The largest absolute Gasteiger partial charge is 0.423 e. The zero-order valence-corrected chi connectivity index (χ0v) is 12.8. The van der Waals surface area contributed by atoms with Crippen molar-refractivity contribution in [1.29, 1.82) is 0 Å². The third-order valence-corrected chi connectivity index (χ3v) is 4.09. The first-order chi connectivity index (χ1) is 11.7. The maximum absolute atomic E-state index is 12.1. The molecule has 0 N–H and O–H groups in total. The van der Waals surface area contributed by atoms with Crippen LogP contribution in [0.15, 0.2) is 79.1 Å². The number of fused-ring (bicyclic) bond motifs is 2. The highest BCUT2D eigenvalue weighted by Gasteiger charge is 2.09. The van der Waals surface area contributed by atoms with Gasteiger partial charge in [-0.25, -0.2) is 9.59 Å². The van der Waals surface area contributed by atoms with Crippen LogP contribution in [0.25, 0.3) is 21.9 Å². The molecule has 2 aromatic carbocycles. The first kappa shape index (κ1) is 14.5. The minimum atomic E-state index is -0.362. The van der Waals surface area contributed by atoms with Gasteiger partial charge in [-0.3, -0.25) is 0 Å². The Labute approximate surface area is 137 Å². The van der Waals surface area contributed by atoms with E-state index in [1.807, 2.05) is 48.5 Å². The second-order valence-corrected chi connectivity index (χ2v) is 5.69. The molecule has 0 unspecified atom stereocenters. The predicted octanol–water partition coefficient (Wildman–Crippen LogP) is 3.68. The molecule has 0 aliphatic heterocycles. The van der Waals surface area contributed by atoms with Crippen LogP contribution in [0.5, 0.6) is 0 Å². The second-order valence-electron chi connectivity index (χ2n) is 5.69. The smallest absolute Gasteiger partial charge is 0.339 e. The Morgan fingerprint density at radius 2 is 1.04 bits per heavy atom. The summed E-state index contributed by atoms with van der Waals surface area (Å²) in [5, 5.41) is 1.75. The summed E-state index contributed by atoms with van der Waals surface area (Å²) in [7, 11) is 0. The van der Waals surface area contributed by atoms with E-state index in [2.05, 4.69) is 0 Å². The van der Waals surface area contributed by atoms with E-state index in [-0.39, 0.29) is 11.3 Å².